The van der Waals surface area contributed by atoms with Crippen LogP contribution in [-0.2, 0) is 0 Å². The summed E-state index contributed by atoms with van der Waals surface area (Å²) in [5, 5.41) is 3.55. The fourth-order valence-corrected chi connectivity index (χ4v) is 2.31. The molecule has 0 fully saturated rings. The highest BCUT2D eigenvalue weighted by Gasteiger charge is 2.18. The van der Waals surface area contributed by atoms with Crippen LogP contribution in [0.3, 0.4) is 0 Å². The van der Waals surface area contributed by atoms with Crippen molar-refractivity contribution in [2.75, 3.05) is 20.8 Å². The molecule has 0 saturated carbocycles. The quantitative estimate of drug-likeness (QED) is 0.849. The van der Waals surface area contributed by atoms with E-state index in [0.29, 0.717) is 0 Å². The van der Waals surface area contributed by atoms with Crippen LogP contribution in [0.2, 0.25) is 0 Å². The molecule has 0 aliphatic heterocycles. The average molecular weight is 286 g/mol. The van der Waals surface area contributed by atoms with Gasteiger partial charge in [-0.2, -0.15) is 0 Å². The van der Waals surface area contributed by atoms with Crippen LogP contribution in [0.4, 0.5) is 0 Å². The van der Waals surface area contributed by atoms with Gasteiger partial charge in [0.1, 0.15) is 11.5 Å². The standard InChI is InChI=1S/C17H22N2O2/c1-4-9-19-17(13-10-14(20-2)12-18-11-13)15-7-5-6-8-16(15)21-3/h5-8,10-12,17,19H,4,9H2,1-3H3. The SMILES string of the molecule is CCCNC(c1cncc(OC)c1)c1ccccc1OC. The van der Waals surface area contributed by atoms with Gasteiger partial charge in [-0.05, 0) is 30.7 Å². The third-order valence-corrected chi connectivity index (χ3v) is 3.35. The van der Waals surface area contributed by atoms with Gasteiger partial charge < -0.3 is 14.8 Å². The topological polar surface area (TPSA) is 43.4 Å². The van der Waals surface area contributed by atoms with Crippen LogP contribution in [0, 0.1) is 0 Å². The Bertz CT molecular complexity index is 572. The third-order valence-electron chi connectivity index (χ3n) is 3.35. The molecule has 1 unspecified atom stereocenters. The van der Waals surface area contributed by atoms with Crippen molar-refractivity contribution in [2.45, 2.75) is 19.4 Å². The number of nitrogens with one attached hydrogen (secondary N) is 1. The summed E-state index contributed by atoms with van der Waals surface area (Å²) in [7, 11) is 3.35. The molecule has 0 spiro atoms. The highest BCUT2D eigenvalue weighted by atomic mass is 16.5. The summed E-state index contributed by atoms with van der Waals surface area (Å²) < 4.78 is 10.8. The van der Waals surface area contributed by atoms with Crippen molar-refractivity contribution in [3.05, 3.63) is 53.9 Å². The van der Waals surface area contributed by atoms with E-state index in [1.165, 1.54) is 0 Å². The molecule has 2 rings (SSSR count). The van der Waals surface area contributed by atoms with E-state index in [1.54, 1.807) is 20.4 Å². The molecule has 2 aromatic rings. The zero-order valence-corrected chi connectivity index (χ0v) is 12.8. The highest BCUT2D eigenvalue weighted by molar-refractivity contribution is 5.42. The number of hydrogen-bond acceptors (Lipinski definition) is 4. The number of hydrogen-bond donors (Lipinski definition) is 1. The summed E-state index contributed by atoms with van der Waals surface area (Å²) in [6.07, 6.45) is 4.63. The molecular formula is C17H22N2O2. The number of aromatic nitrogens is 1. The monoisotopic (exact) mass is 286 g/mol. The van der Waals surface area contributed by atoms with Crippen molar-refractivity contribution in [3.63, 3.8) is 0 Å². The normalized spacial score (nSPS) is 12.0. The van der Waals surface area contributed by atoms with E-state index in [1.807, 2.05) is 30.5 Å². The summed E-state index contributed by atoms with van der Waals surface area (Å²) in [6, 6.07) is 10.1. The average Bonchev–Trinajstić information content (AvgIpc) is 2.56. The molecule has 0 aliphatic rings. The van der Waals surface area contributed by atoms with E-state index < -0.39 is 0 Å². The Labute approximate surface area is 126 Å². The first kappa shape index (κ1) is 15.3. The zero-order valence-electron chi connectivity index (χ0n) is 12.8. The van der Waals surface area contributed by atoms with Crippen molar-refractivity contribution < 1.29 is 9.47 Å². The van der Waals surface area contributed by atoms with Gasteiger partial charge in [-0.15, -0.1) is 0 Å². The van der Waals surface area contributed by atoms with Gasteiger partial charge in [0.05, 0.1) is 26.5 Å². The molecule has 21 heavy (non-hydrogen) atoms. The van der Waals surface area contributed by atoms with Gasteiger partial charge in [0.15, 0.2) is 0 Å². The number of para-hydroxylation sites is 1. The molecule has 0 amide bonds. The lowest BCUT2D eigenvalue weighted by molar-refractivity contribution is 0.402. The first-order valence-electron chi connectivity index (χ1n) is 7.15. The van der Waals surface area contributed by atoms with Gasteiger partial charge >= 0.3 is 0 Å². The second-order valence-corrected chi connectivity index (χ2v) is 4.79. The van der Waals surface area contributed by atoms with Gasteiger partial charge in [0.2, 0.25) is 0 Å². The van der Waals surface area contributed by atoms with Gasteiger partial charge in [-0.3, -0.25) is 4.98 Å². The number of rotatable bonds is 7. The number of benzene rings is 1. The molecule has 1 N–H and O–H groups in total. The minimum absolute atomic E-state index is 0.0312. The number of ether oxygens (including phenoxy) is 2. The van der Waals surface area contributed by atoms with Crippen molar-refractivity contribution in [3.8, 4) is 11.5 Å². The summed E-state index contributed by atoms with van der Waals surface area (Å²) >= 11 is 0. The van der Waals surface area contributed by atoms with Crippen LogP contribution in [0.5, 0.6) is 11.5 Å². The maximum absolute atomic E-state index is 5.49. The fraction of sp³-hybridized carbons (Fsp3) is 0.353. The molecule has 1 heterocycles. The lowest BCUT2D eigenvalue weighted by Crippen LogP contribution is -2.23. The zero-order chi connectivity index (χ0) is 15.1. The Morgan fingerprint density at radius 2 is 1.95 bits per heavy atom. The van der Waals surface area contributed by atoms with Crippen molar-refractivity contribution in [2.24, 2.45) is 0 Å². The maximum Gasteiger partial charge on any atom is 0.137 e. The van der Waals surface area contributed by atoms with Crippen molar-refractivity contribution >= 4 is 0 Å². The van der Waals surface area contributed by atoms with Crippen LogP contribution < -0.4 is 14.8 Å². The molecule has 1 aromatic heterocycles. The molecule has 0 saturated heterocycles. The minimum Gasteiger partial charge on any atom is -0.496 e. The Balaban J connectivity index is 2.41. The van der Waals surface area contributed by atoms with E-state index in [2.05, 4.69) is 23.3 Å². The number of methoxy groups -OCH3 is 2. The predicted molar refractivity (Wildman–Crippen MR) is 83.9 cm³/mol. The Kier molecular flexibility index (Phi) is 5.58. The van der Waals surface area contributed by atoms with E-state index in [0.717, 1.165) is 35.6 Å². The van der Waals surface area contributed by atoms with Gasteiger partial charge in [0.25, 0.3) is 0 Å². The molecule has 1 atom stereocenters. The van der Waals surface area contributed by atoms with Gasteiger partial charge in [-0.25, -0.2) is 0 Å². The second-order valence-electron chi connectivity index (χ2n) is 4.79. The van der Waals surface area contributed by atoms with Gasteiger partial charge in [-0.1, -0.05) is 25.1 Å². The Morgan fingerprint density at radius 1 is 1.14 bits per heavy atom. The first-order valence-corrected chi connectivity index (χ1v) is 7.15. The summed E-state index contributed by atoms with van der Waals surface area (Å²) in [5.41, 5.74) is 2.16. The lowest BCUT2D eigenvalue weighted by atomic mass is 9.99. The molecule has 0 bridgehead atoms. The van der Waals surface area contributed by atoms with Crippen molar-refractivity contribution in [1.29, 1.82) is 0 Å². The van der Waals surface area contributed by atoms with Crippen LogP contribution in [0.1, 0.15) is 30.5 Å². The second kappa shape index (κ2) is 7.64. The number of pyridine rings is 1. The van der Waals surface area contributed by atoms with Crippen molar-refractivity contribution in [1.82, 2.24) is 10.3 Å². The predicted octanol–water partition coefficient (Wildman–Crippen LogP) is 3.19. The smallest absolute Gasteiger partial charge is 0.137 e. The van der Waals surface area contributed by atoms with Gasteiger partial charge in [0, 0.05) is 11.8 Å². The van der Waals surface area contributed by atoms with Crippen LogP contribution >= 0.6 is 0 Å². The highest BCUT2D eigenvalue weighted by Crippen LogP contribution is 2.30. The van der Waals surface area contributed by atoms with E-state index >= 15 is 0 Å². The summed E-state index contributed by atoms with van der Waals surface area (Å²) in [4.78, 5) is 4.26. The van der Waals surface area contributed by atoms with E-state index in [9.17, 15) is 0 Å². The van der Waals surface area contributed by atoms with Crippen LogP contribution in [0.15, 0.2) is 42.7 Å². The maximum atomic E-state index is 5.49. The van der Waals surface area contributed by atoms with E-state index in [4.69, 9.17) is 9.47 Å². The molecule has 1 aromatic carbocycles. The molecular weight excluding hydrogens is 264 g/mol. The van der Waals surface area contributed by atoms with E-state index in [-0.39, 0.29) is 6.04 Å². The molecule has 112 valence electrons. The largest absolute Gasteiger partial charge is 0.496 e. The first-order chi connectivity index (χ1) is 10.3. The Hall–Kier alpha value is -2.07. The Morgan fingerprint density at radius 3 is 2.67 bits per heavy atom. The fourth-order valence-electron chi connectivity index (χ4n) is 2.31. The van der Waals surface area contributed by atoms with Crippen LogP contribution in [0.25, 0.3) is 0 Å². The molecule has 0 radical (unpaired) electrons. The lowest BCUT2D eigenvalue weighted by Gasteiger charge is -2.21. The molecule has 4 heteroatoms. The molecule has 0 aliphatic carbocycles. The minimum atomic E-state index is 0.0312. The summed E-state index contributed by atoms with van der Waals surface area (Å²) in [6.45, 7) is 3.07. The summed E-state index contributed by atoms with van der Waals surface area (Å²) in [5.74, 6) is 1.62. The van der Waals surface area contributed by atoms with Crippen LogP contribution in [-0.4, -0.2) is 25.7 Å². The number of nitrogens with zero attached hydrogens (tertiary/aromatic N) is 1. The molecule has 4 nitrogen and oxygen atoms in total. The third kappa shape index (κ3) is 3.73.